The lowest BCUT2D eigenvalue weighted by molar-refractivity contribution is 0.399. The highest BCUT2D eigenvalue weighted by atomic mass is 32.1. The Morgan fingerprint density at radius 2 is 2.33 bits per heavy atom. The third kappa shape index (κ3) is 3.69. The Kier molecular flexibility index (Phi) is 5.45. The van der Waals surface area contributed by atoms with Crippen molar-refractivity contribution in [2.45, 2.75) is 52.0 Å². The van der Waals surface area contributed by atoms with Gasteiger partial charge < -0.3 is 10.2 Å². The van der Waals surface area contributed by atoms with Crippen LogP contribution in [-0.4, -0.2) is 30.7 Å². The molecule has 0 amide bonds. The number of hydrogen-bond donors (Lipinski definition) is 1. The van der Waals surface area contributed by atoms with Crippen LogP contribution in [0.5, 0.6) is 0 Å². The summed E-state index contributed by atoms with van der Waals surface area (Å²) in [6.07, 6.45) is 6.25. The number of nitrogens with one attached hydrogen (secondary N) is 1. The van der Waals surface area contributed by atoms with Gasteiger partial charge in [-0.1, -0.05) is 20.3 Å². The molecule has 1 aromatic heterocycles. The van der Waals surface area contributed by atoms with Gasteiger partial charge in [-0.15, -0.1) is 11.3 Å². The van der Waals surface area contributed by atoms with E-state index in [1.807, 2.05) is 0 Å². The van der Waals surface area contributed by atoms with Gasteiger partial charge in [0.1, 0.15) is 0 Å². The fraction of sp³-hybridized carbons (Fsp3) is 0.786. The zero-order valence-electron chi connectivity index (χ0n) is 11.6. The van der Waals surface area contributed by atoms with Crippen LogP contribution in [0.1, 0.15) is 45.2 Å². The standard InChI is InChI=1S/C14H25N3S/c1-3-9-17(10-13-7-5-6-8-15-13)14-16-12(4-2)11-18-14/h11,13,15H,3-10H2,1-2H3. The van der Waals surface area contributed by atoms with Crippen molar-refractivity contribution in [1.82, 2.24) is 10.3 Å². The van der Waals surface area contributed by atoms with E-state index in [1.54, 1.807) is 11.3 Å². The quantitative estimate of drug-likeness (QED) is 0.858. The average Bonchev–Trinajstić information content (AvgIpc) is 2.88. The summed E-state index contributed by atoms with van der Waals surface area (Å²) in [6.45, 7) is 7.84. The summed E-state index contributed by atoms with van der Waals surface area (Å²) in [5.74, 6) is 0. The summed E-state index contributed by atoms with van der Waals surface area (Å²) in [7, 11) is 0. The molecule has 1 saturated heterocycles. The molecule has 0 bridgehead atoms. The first kappa shape index (κ1) is 13.8. The highest BCUT2D eigenvalue weighted by molar-refractivity contribution is 7.13. The molecule has 0 aromatic carbocycles. The molecular formula is C14H25N3S. The molecule has 2 rings (SSSR count). The predicted octanol–water partition coefficient (Wildman–Crippen LogP) is 3.06. The molecule has 102 valence electrons. The van der Waals surface area contributed by atoms with Crippen LogP contribution >= 0.6 is 11.3 Å². The van der Waals surface area contributed by atoms with Crippen molar-refractivity contribution in [3.05, 3.63) is 11.1 Å². The van der Waals surface area contributed by atoms with Crippen molar-refractivity contribution in [2.24, 2.45) is 0 Å². The van der Waals surface area contributed by atoms with E-state index in [4.69, 9.17) is 4.98 Å². The largest absolute Gasteiger partial charge is 0.347 e. The van der Waals surface area contributed by atoms with Crippen LogP contribution in [0.4, 0.5) is 5.13 Å². The first-order valence-electron chi connectivity index (χ1n) is 7.26. The summed E-state index contributed by atoms with van der Waals surface area (Å²) in [5.41, 5.74) is 1.23. The zero-order valence-corrected chi connectivity index (χ0v) is 12.4. The normalized spacial score (nSPS) is 20.0. The maximum atomic E-state index is 4.73. The number of anilines is 1. The highest BCUT2D eigenvalue weighted by Crippen LogP contribution is 2.22. The second kappa shape index (κ2) is 7.10. The van der Waals surface area contributed by atoms with Crippen LogP contribution < -0.4 is 10.2 Å². The van der Waals surface area contributed by atoms with Crippen molar-refractivity contribution < 1.29 is 0 Å². The monoisotopic (exact) mass is 267 g/mol. The molecular weight excluding hydrogens is 242 g/mol. The second-order valence-corrected chi connectivity index (χ2v) is 5.90. The molecule has 2 heterocycles. The van der Waals surface area contributed by atoms with E-state index in [0.717, 1.165) is 19.5 Å². The van der Waals surface area contributed by atoms with Crippen LogP contribution in [0.25, 0.3) is 0 Å². The van der Waals surface area contributed by atoms with Gasteiger partial charge in [0.15, 0.2) is 5.13 Å². The molecule has 0 spiro atoms. The van der Waals surface area contributed by atoms with E-state index in [1.165, 1.54) is 43.1 Å². The maximum absolute atomic E-state index is 4.73. The minimum atomic E-state index is 0.652. The van der Waals surface area contributed by atoms with Gasteiger partial charge >= 0.3 is 0 Å². The van der Waals surface area contributed by atoms with Crippen LogP contribution in [0.15, 0.2) is 5.38 Å². The molecule has 4 heteroatoms. The lowest BCUT2D eigenvalue weighted by atomic mass is 10.0. The Labute approximate surface area is 115 Å². The molecule has 18 heavy (non-hydrogen) atoms. The van der Waals surface area contributed by atoms with E-state index in [9.17, 15) is 0 Å². The minimum absolute atomic E-state index is 0.652. The lowest BCUT2D eigenvalue weighted by Crippen LogP contribution is -2.44. The molecule has 1 N–H and O–H groups in total. The topological polar surface area (TPSA) is 28.2 Å². The van der Waals surface area contributed by atoms with Gasteiger partial charge in [-0.25, -0.2) is 4.98 Å². The zero-order chi connectivity index (χ0) is 12.8. The smallest absolute Gasteiger partial charge is 0.185 e. The first-order valence-corrected chi connectivity index (χ1v) is 8.14. The molecule has 0 saturated carbocycles. The Balaban J connectivity index is 1.97. The van der Waals surface area contributed by atoms with Crippen LogP contribution in [0.3, 0.4) is 0 Å². The Bertz CT molecular complexity index is 345. The van der Waals surface area contributed by atoms with Gasteiger partial charge in [-0.3, -0.25) is 0 Å². The molecule has 3 nitrogen and oxygen atoms in total. The predicted molar refractivity (Wildman–Crippen MR) is 79.6 cm³/mol. The molecule has 0 radical (unpaired) electrons. The lowest BCUT2D eigenvalue weighted by Gasteiger charge is -2.30. The van der Waals surface area contributed by atoms with Crippen molar-refractivity contribution in [3.63, 3.8) is 0 Å². The fourth-order valence-electron chi connectivity index (χ4n) is 2.48. The second-order valence-electron chi connectivity index (χ2n) is 5.07. The van der Waals surface area contributed by atoms with E-state index in [-0.39, 0.29) is 0 Å². The molecule has 1 unspecified atom stereocenters. The number of piperidine rings is 1. The summed E-state index contributed by atoms with van der Waals surface area (Å²) < 4.78 is 0. The third-order valence-corrected chi connectivity index (χ3v) is 4.47. The molecule has 1 aromatic rings. The molecule has 1 aliphatic heterocycles. The van der Waals surface area contributed by atoms with Crippen molar-refractivity contribution in [3.8, 4) is 0 Å². The van der Waals surface area contributed by atoms with Gasteiger partial charge in [-0.05, 0) is 32.2 Å². The van der Waals surface area contributed by atoms with E-state index < -0.39 is 0 Å². The average molecular weight is 267 g/mol. The van der Waals surface area contributed by atoms with Gasteiger partial charge in [0.05, 0.1) is 5.69 Å². The number of hydrogen-bond acceptors (Lipinski definition) is 4. The number of thiazole rings is 1. The molecule has 1 aliphatic rings. The maximum Gasteiger partial charge on any atom is 0.185 e. The summed E-state index contributed by atoms with van der Waals surface area (Å²) >= 11 is 1.80. The van der Waals surface area contributed by atoms with Gasteiger partial charge in [-0.2, -0.15) is 0 Å². The van der Waals surface area contributed by atoms with Crippen LogP contribution in [-0.2, 0) is 6.42 Å². The SMILES string of the molecule is CCCN(CC1CCCCN1)c1nc(CC)cs1. The molecule has 1 atom stereocenters. The Hall–Kier alpha value is -0.610. The van der Waals surface area contributed by atoms with Crippen molar-refractivity contribution >= 4 is 16.5 Å². The highest BCUT2D eigenvalue weighted by Gasteiger charge is 2.18. The fourth-order valence-corrected chi connectivity index (χ4v) is 3.43. The number of nitrogens with zero attached hydrogens (tertiary/aromatic N) is 2. The summed E-state index contributed by atoms with van der Waals surface area (Å²) in [4.78, 5) is 7.19. The van der Waals surface area contributed by atoms with E-state index in [0.29, 0.717) is 6.04 Å². The van der Waals surface area contributed by atoms with Crippen molar-refractivity contribution in [2.75, 3.05) is 24.5 Å². The van der Waals surface area contributed by atoms with E-state index in [2.05, 4.69) is 29.4 Å². The number of aromatic nitrogens is 1. The Morgan fingerprint density at radius 1 is 1.44 bits per heavy atom. The third-order valence-electron chi connectivity index (χ3n) is 3.52. The van der Waals surface area contributed by atoms with E-state index >= 15 is 0 Å². The van der Waals surface area contributed by atoms with Crippen LogP contribution in [0.2, 0.25) is 0 Å². The van der Waals surface area contributed by atoms with Gasteiger partial charge in [0.2, 0.25) is 0 Å². The van der Waals surface area contributed by atoms with Gasteiger partial charge in [0, 0.05) is 24.5 Å². The van der Waals surface area contributed by atoms with Crippen LogP contribution in [0, 0.1) is 0 Å². The minimum Gasteiger partial charge on any atom is -0.347 e. The molecule has 0 aliphatic carbocycles. The Morgan fingerprint density at radius 3 is 2.94 bits per heavy atom. The van der Waals surface area contributed by atoms with Gasteiger partial charge in [0.25, 0.3) is 0 Å². The van der Waals surface area contributed by atoms with Crippen molar-refractivity contribution in [1.29, 1.82) is 0 Å². The number of aryl methyl sites for hydroxylation is 1. The molecule has 1 fully saturated rings. The summed E-state index contributed by atoms with van der Waals surface area (Å²) in [5, 5.41) is 7.04. The number of rotatable bonds is 6. The first-order chi connectivity index (χ1) is 8.83. The summed E-state index contributed by atoms with van der Waals surface area (Å²) in [6, 6.07) is 0.652.